The molecule has 6 heteroatoms. The lowest BCUT2D eigenvalue weighted by Gasteiger charge is -2.32. The van der Waals surface area contributed by atoms with E-state index in [9.17, 15) is 9.59 Å². The second kappa shape index (κ2) is 6.65. The van der Waals surface area contributed by atoms with Crippen molar-refractivity contribution >= 4 is 29.4 Å². The van der Waals surface area contributed by atoms with Crippen molar-refractivity contribution in [3.63, 3.8) is 0 Å². The number of hydrogen-bond donors (Lipinski definition) is 1. The first kappa shape index (κ1) is 14.7. The molecule has 20 heavy (non-hydrogen) atoms. The topological polar surface area (TPSA) is 58.6 Å². The minimum Gasteiger partial charge on any atom is -0.465 e. The molecule has 1 aromatic carbocycles. The highest BCUT2D eigenvalue weighted by atomic mass is 32.2. The van der Waals surface area contributed by atoms with E-state index < -0.39 is 5.97 Å². The van der Waals surface area contributed by atoms with E-state index in [1.807, 2.05) is 24.3 Å². The fourth-order valence-corrected chi connectivity index (χ4v) is 3.15. The zero-order valence-corrected chi connectivity index (χ0v) is 12.4. The van der Waals surface area contributed by atoms with Crippen LogP contribution in [-0.2, 0) is 9.53 Å². The molecule has 1 heterocycles. The smallest absolute Gasteiger partial charge is 0.325 e. The molecule has 0 bridgehead atoms. The number of benzene rings is 1. The van der Waals surface area contributed by atoms with Crippen LogP contribution in [0.15, 0.2) is 29.2 Å². The van der Waals surface area contributed by atoms with Gasteiger partial charge in [0.15, 0.2) is 0 Å². The van der Waals surface area contributed by atoms with Crippen LogP contribution in [0.3, 0.4) is 0 Å². The Morgan fingerprint density at radius 3 is 2.95 bits per heavy atom. The number of amides is 2. The Morgan fingerprint density at radius 2 is 2.20 bits per heavy atom. The predicted octanol–water partition coefficient (Wildman–Crippen LogP) is 2.26. The molecule has 2 amide bonds. The molecule has 0 fully saturated rings. The van der Waals surface area contributed by atoms with E-state index in [2.05, 4.69) is 12.2 Å². The number of rotatable bonds is 3. The number of thioether (sulfide) groups is 1. The molecule has 0 saturated carbocycles. The van der Waals surface area contributed by atoms with Crippen LogP contribution in [0.5, 0.6) is 0 Å². The molecular weight excluding hydrogens is 276 g/mol. The molecule has 1 atom stereocenters. The van der Waals surface area contributed by atoms with Gasteiger partial charge in [-0.15, -0.1) is 11.8 Å². The number of nitrogens with one attached hydrogen (secondary N) is 1. The van der Waals surface area contributed by atoms with Gasteiger partial charge in [-0.2, -0.15) is 0 Å². The maximum atomic E-state index is 12.2. The fourth-order valence-electron chi connectivity index (χ4n) is 2.04. The van der Waals surface area contributed by atoms with Crippen LogP contribution in [0.1, 0.15) is 13.8 Å². The van der Waals surface area contributed by atoms with E-state index in [0.717, 1.165) is 10.6 Å². The number of esters is 1. The van der Waals surface area contributed by atoms with Crippen molar-refractivity contribution in [3.05, 3.63) is 24.3 Å². The summed E-state index contributed by atoms with van der Waals surface area (Å²) in [7, 11) is 0. The van der Waals surface area contributed by atoms with Crippen molar-refractivity contribution in [2.75, 3.05) is 24.6 Å². The number of nitrogens with zero attached hydrogens (tertiary/aromatic N) is 1. The van der Waals surface area contributed by atoms with E-state index in [4.69, 9.17) is 4.74 Å². The Kier molecular flexibility index (Phi) is 4.89. The summed E-state index contributed by atoms with van der Waals surface area (Å²) in [5.74, 6) is -0.423. The summed E-state index contributed by atoms with van der Waals surface area (Å²) in [5, 5.41) is 2.92. The van der Waals surface area contributed by atoms with Crippen molar-refractivity contribution < 1.29 is 14.3 Å². The Labute approximate surface area is 122 Å². The Balaban J connectivity index is 2.05. The lowest BCUT2D eigenvalue weighted by molar-refractivity contribution is -0.141. The zero-order valence-electron chi connectivity index (χ0n) is 11.6. The van der Waals surface area contributed by atoms with Crippen molar-refractivity contribution in [1.29, 1.82) is 0 Å². The second-order valence-corrected chi connectivity index (χ2v) is 5.95. The maximum Gasteiger partial charge on any atom is 0.325 e. The molecule has 1 aromatic rings. The van der Waals surface area contributed by atoms with E-state index >= 15 is 0 Å². The molecule has 0 saturated heterocycles. The predicted molar refractivity (Wildman–Crippen MR) is 79.1 cm³/mol. The number of para-hydroxylation sites is 1. The minimum atomic E-state index is -0.423. The summed E-state index contributed by atoms with van der Waals surface area (Å²) in [5.41, 5.74) is 0.886. The normalized spacial score (nSPS) is 17.3. The van der Waals surface area contributed by atoms with E-state index in [1.54, 1.807) is 23.6 Å². The number of fused-ring (bicyclic) bond motifs is 1. The Hall–Kier alpha value is -1.69. The van der Waals surface area contributed by atoms with E-state index in [1.165, 1.54) is 0 Å². The van der Waals surface area contributed by atoms with Gasteiger partial charge < -0.3 is 10.1 Å². The second-order valence-electron chi connectivity index (χ2n) is 4.47. The van der Waals surface area contributed by atoms with Crippen molar-refractivity contribution in [3.8, 4) is 0 Å². The molecule has 0 aliphatic carbocycles. The summed E-state index contributed by atoms with van der Waals surface area (Å²) in [6, 6.07) is 7.51. The molecular formula is C14H18N2O3S. The molecule has 2 rings (SSSR count). The first-order valence-corrected chi connectivity index (χ1v) is 7.46. The van der Waals surface area contributed by atoms with Gasteiger partial charge in [0.1, 0.15) is 6.54 Å². The molecule has 1 aliphatic rings. The van der Waals surface area contributed by atoms with Crippen LogP contribution < -0.4 is 10.2 Å². The number of ether oxygens (including phenoxy) is 1. The lowest BCUT2D eigenvalue weighted by atomic mass is 10.2. The van der Waals surface area contributed by atoms with Crippen molar-refractivity contribution in [2.45, 2.75) is 24.0 Å². The van der Waals surface area contributed by atoms with Gasteiger partial charge in [-0.1, -0.05) is 19.1 Å². The van der Waals surface area contributed by atoms with Gasteiger partial charge in [0.2, 0.25) is 0 Å². The van der Waals surface area contributed by atoms with Crippen LogP contribution in [-0.4, -0.2) is 36.9 Å². The number of hydrogen-bond acceptors (Lipinski definition) is 4. The maximum absolute atomic E-state index is 12.2. The first-order valence-electron chi connectivity index (χ1n) is 6.58. The Morgan fingerprint density at radius 1 is 1.45 bits per heavy atom. The quantitative estimate of drug-likeness (QED) is 0.869. The number of carbonyl (C=O) groups is 2. The highest BCUT2D eigenvalue weighted by Crippen LogP contribution is 2.37. The first-order chi connectivity index (χ1) is 9.61. The molecule has 1 N–H and O–H groups in total. The molecule has 1 aliphatic heterocycles. The molecule has 0 aromatic heterocycles. The number of urea groups is 1. The Bertz CT molecular complexity index is 507. The summed E-state index contributed by atoms with van der Waals surface area (Å²) in [6.07, 6.45) is 0. The highest BCUT2D eigenvalue weighted by molar-refractivity contribution is 8.00. The van der Waals surface area contributed by atoms with Gasteiger partial charge >= 0.3 is 12.0 Å². The number of carbonyl (C=O) groups excluding carboxylic acids is 2. The highest BCUT2D eigenvalue weighted by Gasteiger charge is 2.26. The van der Waals surface area contributed by atoms with Gasteiger partial charge in [-0.05, 0) is 19.1 Å². The summed E-state index contributed by atoms with van der Waals surface area (Å²) in [6.45, 7) is 4.64. The fraction of sp³-hybridized carbons (Fsp3) is 0.429. The average Bonchev–Trinajstić information content (AvgIpc) is 2.44. The summed E-state index contributed by atoms with van der Waals surface area (Å²) < 4.78 is 4.79. The minimum absolute atomic E-state index is 0.104. The number of anilines is 1. The van der Waals surface area contributed by atoms with Crippen LogP contribution in [0.25, 0.3) is 0 Å². The van der Waals surface area contributed by atoms with Gasteiger partial charge in [-0.3, -0.25) is 9.69 Å². The third-order valence-electron chi connectivity index (χ3n) is 2.86. The molecule has 0 radical (unpaired) electrons. The van der Waals surface area contributed by atoms with Crippen LogP contribution >= 0.6 is 11.8 Å². The van der Waals surface area contributed by atoms with Crippen LogP contribution in [0.4, 0.5) is 10.5 Å². The standard InChI is InChI=1S/C14H18N2O3S/c1-3-19-13(17)8-15-14(18)16-9-10(2)20-12-7-5-4-6-11(12)16/h4-7,10H,3,8-9H2,1-2H3,(H,15,18)/t10-/m0/s1. The summed E-state index contributed by atoms with van der Waals surface area (Å²) >= 11 is 1.75. The van der Waals surface area contributed by atoms with E-state index in [0.29, 0.717) is 18.4 Å². The summed E-state index contributed by atoms with van der Waals surface area (Å²) in [4.78, 5) is 26.3. The lowest BCUT2D eigenvalue weighted by Crippen LogP contribution is -2.46. The van der Waals surface area contributed by atoms with Crippen LogP contribution in [0, 0.1) is 0 Å². The van der Waals surface area contributed by atoms with Crippen molar-refractivity contribution in [1.82, 2.24) is 5.32 Å². The van der Waals surface area contributed by atoms with Gasteiger partial charge in [-0.25, -0.2) is 4.79 Å². The molecule has 5 nitrogen and oxygen atoms in total. The molecule has 108 valence electrons. The third kappa shape index (κ3) is 3.45. The largest absolute Gasteiger partial charge is 0.465 e. The van der Waals surface area contributed by atoms with Gasteiger partial charge in [0.05, 0.1) is 12.3 Å². The van der Waals surface area contributed by atoms with Crippen LogP contribution in [0.2, 0.25) is 0 Å². The third-order valence-corrected chi connectivity index (χ3v) is 4.01. The SMILES string of the molecule is CCOC(=O)CNC(=O)N1C[C@H](C)Sc2ccccc21. The molecule has 0 spiro atoms. The molecule has 0 unspecified atom stereocenters. The van der Waals surface area contributed by atoms with Gasteiger partial charge in [0.25, 0.3) is 0 Å². The monoisotopic (exact) mass is 294 g/mol. The van der Waals surface area contributed by atoms with Gasteiger partial charge in [0, 0.05) is 16.7 Å². The zero-order chi connectivity index (χ0) is 14.5. The average molecular weight is 294 g/mol. The van der Waals surface area contributed by atoms with E-state index in [-0.39, 0.29) is 12.6 Å². The van der Waals surface area contributed by atoms with Crippen molar-refractivity contribution in [2.24, 2.45) is 0 Å².